The summed E-state index contributed by atoms with van der Waals surface area (Å²) in [6, 6.07) is 0.156. The minimum Gasteiger partial charge on any atom is -0.335 e. The van der Waals surface area contributed by atoms with E-state index in [9.17, 15) is 0 Å². The van der Waals surface area contributed by atoms with E-state index >= 15 is 0 Å². The Balaban J connectivity index is 2.16. The highest BCUT2D eigenvalue weighted by atomic mass is 15.2. The van der Waals surface area contributed by atoms with Crippen LogP contribution in [-0.2, 0) is 13.0 Å². The minimum absolute atomic E-state index is 0.140. The molecule has 1 aromatic heterocycles. The van der Waals surface area contributed by atoms with Gasteiger partial charge in [-0.2, -0.15) is 0 Å². The first-order valence-electron chi connectivity index (χ1n) is 8.03. The summed E-state index contributed by atoms with van der Waals surface area (Å²) in [5.41, 5.74) is 6.81. The van der Waals surface area contributed by atoms with Crippen LogP contribution in [0.15, 0.2) is 12.4 Å². The lowest BCUT2D eigenvalue weighted by Crippen LogP contribution is -2.58. The van der Waals surface area contributed by atoms with Crippen molar-refractivity contribution in [2.24, 2.45) is 5.73 Å². The Morgan fingerprint density at radius 1 is 1.30 bits per heavy atom. The predicted molar refractivity (Wildman–Crippen MR) is 83.7 cm³/mol. The third kappa shape index (κ3) is 3.07. The fourth-order valence-corrected chi connectivity index (χ4v) is 3.70. The van der Waals surface area contributed by atoms with E-state index < -0.39 is 0 Å². The Labute approximate surface area is 123 Å². The van der Waals surface area contributed by atoms with Gasteiger partial charge in [-0.05, 0) is 33.9 Å². The number of hydrogen-bond acceptors (Lipinski definition) is 3. The van der Waals surface area contributed by atoms with Gasteiger partial charge in [-0.15, -0.1) is 0 Å². The number of likely N-dealkylation sites (N-methyl/N-ethyl adjacent to an activating group) is 1. The first kappa shape index (κ1) is 15.5. The zero-order valence-electron chi connectivity index (χ0n) is 13.3. The number of aromatic nitrogens is 2. The third-order valence-corrected chi connectivity index (χ3v) is 5.10. The summed E-state index contributed by atoms with van der Waals surface area (Å²) in [4.78, 5) is 6.88. The monoisotopic (exact) mass is 278 g/mol. The Kier molecular flexibility index (Phi) is 5.22. The molecule has 1 aliphatic rings. The molecular formula is C16H30N4. The average molecular weight is 278 g/mol. The average Bonchev–Trinajstić information content (AvgIpc) is 2.72. The first-order valence-corrected chi connectivity index (χ1v) is 8.03. The molecule has 2 rings (SSSR count). The van der Waals surface area contributed by atoms with Crippen LogP contribution in [0.5, 0.6) is 0 Å². The van der Waals surface area contributed by atoms with Crippen molar-refractivity contribution in [1.29, 1.82) is 0 Å². The summed E-state index contributed by atoms with van der Waals surface area (Å²) < 4.78 is 2.21. The van der Waals surface area contributed by atoms with Crippen LogP contribution in [-0.4, -0.2) is 40.1 Å². The van der Waals surface area contributed by atoms with E-state index in [2.05, 4.69) is 41.7 Å². The summed E-state index contributed by atoms with van der Waals surface area (Å²) in [5.74, 6) is 1.13. The highest BCUT2D eigenvalue weighted by Crippen LogP contribution is 2.34. The molecule has 4 nitrogen and oxygen atoms in total. The van der Waals surface area contributed by atoms with Crippen LogP contribution in [0.4, 0.5) is 0 Å². The zero-order chi connectivity index (χ0) is 14.6. The van der Waals surface area contributed by atoms with Gasteiger partial charge >= 0.3 is 0 Å². The Morgan fingerprint density at radius 2 is 1.95 bits per heavy atom. The topological polar surface area (TPSA) is 47.1 Å². The summed E-state index contributed by atoms with van der Waals surface area (Å²) in [7, 11) is 4.38. The van der Waals surface area contributed by atoms with Crippen LogP contribution in [0.2, 0.25) is 0 Å². The quantitative estimate of drug-likeness (QED) is 0.842. The van der Waals surface area contributed by atoms with Crippen LogP contribution >= 0.6 is 0 Å². The second-order valence-electron chi connectivity index (χ2n) is 6.35. The van der Waals surface area contributed by atoms with Crippen LogP contribution < -0.4 is 5.73 Å². The van der Waals surface area contributed by atoms with E-state index in [0.717, 1.165) is 18.8 Å². The maximum atomic E-state index is 6.67. The van der Waals surface area contributed by atoms with Gasteiger partial charge in [-0.25, -0.2) is 4.98 Å². The van der Waals surface area contributed by atoms with Gasteiger partial charge in [0.05, 0.1) is 0 Å². The fourth-order valence-electron chi connectivity index (χ4n) is 3.70. The molecule has 1 atom stereocenters. The van der Waals surface area contributed by atoms with Crippen molar-refractivity contribution in [1.82, 2.24) is 14.5 Å². The second-order valence-corrected chi connectivity index (χ2v) is 6.35. The van der Waals surface area contributed by atoms with Gasteiger partial charge in [0, 0.05) is 36.9 Å². The normalized spacial score (nSPS) is 20.9. The Hall–Kier alpha value is -0.870. The molecule has 1 aromatic rings. The molecular weight excluding hydrogens is 248 g/mol. The van der Waals surface area contributed by atoms with E-state index in [1.54, 1.807) is 0 Å². The molecule has 0 saturated heterocycles. The van der Waals surface area contributed by atoms with E-state index in [1.165, 1.54) is 38.5 Å². The van der Waals surface area contributed by atoms with E-state index in [1.807, 2.05) is 6.20 Å². The van der Waals surface area contributed by atoms with E-state index in [4.69, 9.17) is 5.73 Å². The lowest BCUT2D eigenvalue weighted by Gasteiger charge is -2.44. The van der Waals surface area contributed by atoms with Crippen LogP contribution in [0, 0.1) is 0 Å². The molecule has 1 aliphatic carbocycles. The van der Waals surface area contributed by atoms with E-state index in [-0.39, 0.29) is 11.6 Å². The van der Waals surface area contributed by atoms with Crippen LogP contribution in [0.3, 0.4) is 0 Å². The molecule has 1 heterocycles. The molecule has 0 bridgehead atoms. The zero-order valence-corrected chi connectivity index (χ0v) is 13.3. The molecule has 1 unspecified atom stereocenters. The lowest BCUT2D eigenvalue weighted by molar-refractivity contribution is 0.0956. The molecule has 114 valence electrons. The Bertz CT molecular complexity index is 402. The fraction of sp³-hybridized carbons (Fsp3) is 0.812. The Morgan fingerprint density at radius 3 is 2.50 bits per heavy atom. The smallest absolute Gasteiger partial charge is 0.110 e. The molecule has 20 heavy (non-hydrogen) atoms. The highest BCUT2D eigenvalue weighted by molar-refractivity contribution is 5.04. The molecule has 0 amide bonds. The number of hydrogen-bond donors (Lipinski definition) is 1. The standard InChI is InChI=1S/C16H30N4/c1-4-20-12-11-18-15(20)13-14(17)16(19(2)3)9-7-5-6-8-10-16/h11-12,14H,4-10,13,17H2,1-3H3. The van der Waals surface area contributed by atoms with Crippen molar-refractivity contribution in [3.63, 3.8) is 0 Å². The number of aryl methyl sites for hydroxylation is 1. The maximum Gasteiger partial charge on any atom is 0.110 e. The van der Waals surface area contributed by atoms with Gasteiger partial charge in [0.2, 0.25) is 0 Å². The molecule has 0 radical (unpaired) electrons. The first-order chi connectivity index (χ1) is 9.60. The second kappa shape index (κ2) is 6.72. The molecule has 1 saturated carbocycles. The molecule has 0 aliphatic heterocycles. The summed E-state index contributed by atoms with van der Waals surface area (Å²) in [6.07, 6.45) is 12.6. The number of imidazole rings is 1. The van der Waals surface area contributed by atoms with Gasteiger partial charge < -0.3 is 15.2 Å². The summed E-state index contributed by atoms with van der Waals surface area (Å²) in [6.45, 7) is 3.13. The lowest BCUT2D eigenvalue weighted by atomic mass is 9.80. The molecule has 1 fully saturated rings. The minimum atomic E-state index is 0.140. The van der Waals surface area contributed by atoms with Crippen molar-refractivity contribution in [3.05, 3.63) is 18.2 Å². The van der Waals surface area contributed by atoms with Crippen molar-refractivity contribution in [2.75, 3.05) is 14.1 Å². The van der Waals surface area contributed by atoms with Gasteiger partial charge in [-0.3, -0.25) is 0 Å². The highest BCUT2D eigenvalue weighted by Gasteiger charge is 2.39. The molecule has 0 aromatic carbocycles. The van der Waals surface area contributed by atoms with Crippen LogP contribution in [0.1, 0.15) is 51.3 Å². The van der Waals surface area contributed by atoms with Gasteiger partial charge in [-0.1, -0.05) is 25.7 Å². The number of nitrogens with zero attached hydrogens (tertiary/aromatic N) is 3. The summed E-state index contributed by atoms with van der Waals surface area (Å²) >= 11 is 0. The SMILES string of the molecule is CCn1ccnc1CC(N)C1(N(C)C)CCCCCC1. The van der Waals surface area contributed by atoms with Crippen LogP contribution in [0.25, 0.3) is 0 Å². The summed E-state index contributed by atoms with van der Waals surface area (Å²) in [5, 5.41) is 0. The van der Waals surface area contributed by atoms with Gasteiger partial charge in [0.25, 0.3) is 0 Å². The molecule has 4 heteroatoms. The largest absolute Gasteiger partial charge is 0.335 e. The van der Waals surface area contributed by atoms with Crippen molar-refractivity contribution in [3.8, 4) is 0 Å². The van der Waals surface area contributed by atoms with Crippen molar-refractivity contribution < 1.29 is 0 Å². The number of rotatable bonds is 5. The van der Waals surface area contributed by atoms with Gasteiger partial charge in [0.15, 0.2) is 0 Å². The molecule has 0 spiro atoms. The molecule has 2 N–H and O–H groups in total. The van der Waals surface area contributed by atoms with Crippen molar-refractivity contribution in [2.45, 2.75) is 70.0 Å². The number of nitrogens with two attached hydrogens (primary N) is 1. The maximum absolute atomic E-state index is 6.67. The van der Waals surface area contributed by atoms with Gasteiger partial charge in [0.1, 0.15) is 5.82 Å². The van der Waals surface area contributed by atoms with E-state index in [0.29, 0.717) is 0 Å². The third-order valence-electron chi connectivity index (χ3n) is 5.10. The predicted octanol–water partition coefficient (Wildman–Crippen LogP) is 2.43. The van der Waals surface area contributed by atoms with Crippen molar-refractivity contribution >= 4 is 0 Å².